The number of hydrogen-bond donors (Lipinski definition) is 3. The van der Waals surface area contributed by atoms with Crippen LogP contribution in [0, 0.1) is 11.8 Å². The number of hydrogen-bond acceptors (Lipinski definition) is 3. The minimum Gasteiger partial charge on any atom is -0.399 e. The van der Waals surface area contributed by atoms with Crippen molar-refractivity contribution in [1.82, 2.24) is 0 Å². The second-order valence-electron chi connectivity index (χ2n) is 5.51. The Morgan fingerprint density at radius 2 is 1.83 bits per heavy atom. The smallest absolute Gasteiger partial charge is 0.250 e. The molecule has 0 atom stereocenters. The van der Waals surface area contributed by atoms with Gasteiger partial charge in [0.05, 0.1) is 5.56 Å². The van der Waals surface area contributed by atoms with Gasteiger partial charge >= 0.3 is 0 Å². The minimum atomic E-state index is -0.400. The molecule has 0 bridgehead atoms. The van der Waals surface area contributed by atoms with Gasteiger partial charge < -0.3 is 16.8 Å². The van der Waals surface area contributed by atoms with E-state index >= 15 is 0 Å². The Bertz CT molecular complexity index is 466. The number of primary amides is 1. The van der Waals surface area contributed by atoms with Crippen molar-refractivity contribution in [3.8, 4) is 0 Å². The molecule has 2 fully saturated rings. The van der Waals surface area contributed by atoms with Crippen LogP contribution in [0.5, 0.6) is 0 Å². The van der Waals surface area contributed by atoms with Crippen molar-refractivity contribution in [3.05, 3.63) is 23.8 Å². The quantitative estimate of drug-likeness (QED) is 0.694. The number of nitrogens with two attached hydrogens (primary N) is 2. The normalized spacial score (nSPS) is 18.9. The van der Waals surface area contributed by atoms with Crippen LogP contribution in [0.1, 0.15) is 36.0 Å². The van der Waals surface area contributed by atoms with Gasteiger partial charge in [-0.3, -0.25) is 4.79 Å². The van der Waals surface area contributed by atoms with E-state index in [1.165, 1.54) is 25.7 Å². The summed E-state index contributed by atoms with van der Waals surface area (Å²) in [7, 11) is 0. The molecule has 4 nitrogen and oxygen atoms in total. The first-order valence-electron chi connectivity index (χ1n) is 6.61. The first kappa shape index (κ1) is 11.4. The Morgan fingerprint density at radius 3 is 2.33 bits per heavy atom. The van der Waals surface area contributed by atoms with Crippen molar-refractivity contribution in [3.63, 3.8) is 0 Å². The highest BCUT2D eigenvalue weighted by molar-refractivity contribution is 5.99. The summed E-state index contributed by atoms with van der Waals surface area (Å²) in [6, 6.07) is 5.73. The van der Waals surface area contributed by atoms with Gasteiger partial charge in [0.25, 0.3) is 5.91 Å². The van der Waals surface area contributed by atoms with Crippen molar-refractivity contribution >= 4 is 17.3 Å². The van der Waals surface area contributed by atoms with Crippen LogP contribution in [0.3, 0.4) is 0 Å². The van der Waals surface area contributed by atoms with Crippen LogP contribution in [0.4, 0.5) is 11.4 Å². The van der Waals surface area contributed by atoms with Crippen molar-refractivity contribution in [1.29, 1.82) is 0 Å². The number of nitrogen functional groups attached to an aromatic ring is 1. The molecule has 2 aliphatic carbocycles. The number of nitrogens with one attached hydrogen (secondary N) is 1. The standard InChI is InChI=1S/C14H19N3O/c15-10-5-6-11(14(16)18)12(7-10)17-13(8-1-2-8)9-3-4-9/h5-9,13,17H,1-4,15H2,(H2,16,18). The highest BCUT2D eigenvalue weighted by atomic mass is 16.1. The van der Waals surface area contributed by atoms with E-state index in [2.05, 4.69) is 5.32 Å². The second kappa shape index (κ2) is 4.19. The molecule has 0 unspecified atom stereocenters. The molecule has 4 heteroatoms. The predicted molar refractivity (Wildman–Crippen MR) is 72.2 cm³/mol. The Morgan fingerprint density at radius 1 is 1.22 bits per heavy atom. The highest BCUT2D eigenvalue weighted by Gasteiger charge is 2.41. The first-order valence-corrected chi connectivity index (χ1v) is 6.61. The zero-order valence-electron chi connectivity index (χ0n) is 10.4. The molecule has 3 rings (SSSR count). The van der Waals surface area contributed by atoms with Crippen LogP contribution in [0.2, 0.25) is 0 Å². The van der Waals surface area contributed by atoms with Gasteiger partial charge in [0.15, 0.2) is 0 Å². The Labute approximate surface area is 107 Å². The Kier molecular flexibility index (Phi) is 2.65. The van der Waals surface area contributed by atoms with Crippen LogP contribution >= 0.6 is 0 Å². The predicted octanol–water partition coefficient (Wildman–Crippen LogP) is 1.97. The number of carbonyl (C=O) groups excluding carboxylic acids is 1. The summed E-state index contributed by atoms with van der Waals surface area (Å²) < 4.78 is 0. The van der Waals surface area contributed by atoms with E-state index in [9.17, 15) is 4.79 Å². The molecule has 0 aliphatic heterocycles. The van der Waals surface area contributed by atoms with E-state index < -0.39 is 5.91 Å². The molecule has 2 aliphatic rings. The third-order valence-electron chi connectivity index (χ3n) is 3.89. The van der Waals surface area contributed by atoms with Gasteiger partial charge in [-0.1, -0.05) is 0 Å². The third-order valence-corrected chi connectivity index (χ3v) is 3.89. The van der Waals surface area contributed by atoms with Crippen molar-refractivity contribution in [2.45, 2.75) is 31.7 Å². The molecule has 0 heterocycles. The zero-order valence-corrected chi connectivity index (χ0v) is 10.4. The molecular formula is C14H19N3O. The van der Waals surface area contributed by atoms with Gasteiger partial charge in [-0.05, 0) is 55.7 Å². The van der Waals surface area contributed by atoms with E-state index in [1.54, 1.807) is 12.1 Å². The largest absolute Gasteiger partial charge is 0.399 e. The molecule has 2 saturated carbocycles. The SMILES string of the molecule is NC(=O)c1ccc(N)cc1NC(C1CC1)C1CC1. The fourth-order valence-electron chi connectivity index (χ4n) is 2.61. The lowest BCUT2D eigenvalue weighted by atomic mass is 10.0. The molecule has 0 spiro atoms. The Hall–Kier alpha value is -1.71. The third kappa shape index (κ3) is 2.28. The molecule has 5 N–H and O–H groups in total. The summed E-state index contributed by atoms with van der Waals surface area (Å²) in [6.07, 6.45) is 5.18. The summed E-state index contributed by atoms with van der Waals surface area (Å²) in [5.41, 5.74) is 13.2. The average Bonchev–Trinajstić information content (AvgIpc) is 3.17. The van der Waals surface area contributed by atoms with E-state index in [4.69, 9.17) is 11.5 Å². The number of carbonyl (C=O) groups is 1. The summed E-state index contributed by atoms with van der Waals surface area (Å²) in [4.78, 5) is 11.4. The van der Waals surface area contributed by atoms with E-state index in [0.717, 1.165) is 17.5 Å². The molecule has 1 aromatic carbocycles. The fraction of sp³-hybridized carbons (Fsp3) is 0.500. The van der Waals surface area contributed by atoms with Crippen molar-refractivity contribution < 1.29 is 4.79 Å². The lowest BCUT2D eigenvalue weighted by Gasteiger charge is -2.21. The van der Waals surface area contributed by atoms with E-state index in [1.807, 2.05) is 6.07 Å². The lowest BCUT2D eigenvalue weighted by molar-refractivity contribution is 0.100. The van der Waals surface area contributed by atoms with E-state index in [0.29, 0.717) is 17.3 Å². The first-order chi connectivity index (χ1) is 8.65. The molecule has 0 saturated heterocycles. The molecular weight excluding hydrogens is 226 g/mol. The van der Waals surface area contributed by atoms with Gasteiger partial charge in [0.2, 0.25) is 0 Å². The van der Waals surface area contributed by atoms with Crippen molar-refractivity contribution in [2.75, 3.05) is 11.1 Å². The number of benzene rings is 1. The van der Waals surface area contributed by atoms with Gasteiger partial charge in [-0.25, -0.2) is 0 Å². The molecule has 1 amide bonds. The zero-order chi connectivity index (χ0) is 12.7. The molecule has 0 aromatic heterocycles. The van der Waals surface area contributed by atoms with Crippen LogP contribution in [0.15, 0.2) is 18.2 Å². The topological polar surface area (TPSA) is 81.1 Å². The minimum absolute atomic E-state index is 0.400. The van der Waals surface area contributed by atoms with Gasteiger partial charge in [-0.2, -0.15) is 0 Å². The maximum Gasteiger partial charge on any atom is 0.250 e. The average molecular weight is 245 g/mol. The molecule has 1 aromatic rings. The molecule has 96 valence electrons. The Balaban J connectivity index is 1.85. The summed E-state index contributed by atoms with van der Waals surface area (Å²) in [6.45, 7) is 0. The van der Waals surface area contributed by atoms with Crippen LogP contribution < -0.4 is 16.8 Å². The van der Waals surface area contributed by atoms with Crippen LogP contribution in [-0.2, 0) is 0 Å². The van der Waals surface area contributed by atoms with Crippen molar-refractivity contribution in [2.24, 2.45) is 17.6 Å². The fourth-order valence-corrected chi connectivity index (χ4v) is 2.61. The molecule has 0 radical (unpaired) electrons. The van der Waals surface area contributed by atoms with Crippen LogP contribution in [-0.4, -0.2) is 11.9 Å². The summed E-state index contributed by atoms with van der Waals surface area (Å²) in [5, 5.41) is 3.51. The summed E-state index contributed by atoms with van der Waals surface area (Å²) in [5.74, 6) is 1.13. The maximum absolute atomic E-state index is 11.4. The highest BCUT2D eigenvalue weighted by Crippen LogP contribution is 2.46. The van der Waals surface area contributed by atoms with E-state index in [-0.39, 0.29) is 0 Å². The second-order valence-corrected chi connectivity index (χ2v) is 5.51. The lowest BCUT2D eigenvalue weighted by Crippen LogP contribution is -2.26. The van der Waals surface area contributed by atoms with Gasteiger partial charge in [-0.15, -0.1) is 0 Å². The number of amides is 1. The molecule has 18 heavy (non-hydrogen) atoms. The summed E-state index contributed by atoms with van der Waals surface area (Å²) >= 11 is 0. The monoisotopic (exact) mass is 245 g/mol. The number of anilines is 2. The van der Waals surface area contributed by atoms with Gasteiger partial charge in [0, 0.05) is 17.4 Å². The van der Waals surface area contributed by atoms with Crippen LogP contribution in [0.25, 0.3) is 0 Å². The number of rotatable bonds is 5. The van der Waals surface area contributed by atoms with Gasteiger partial charge in [0.1, 0.15) is 0 Å². The maximum atomic E-state index is 11.4.